The minimum Gasteiger partial charge on any atom is -0.493 e. The highest BCUT2D eigenvalue weighted by Gasteiger charge is 2.22. The fourth-order valence-corrected chi connectivity index (χ4v) is 3.36. The third-order valence-corrected chi connectivity index (χ3v) is 5.42. The molecule has 5 rings (SSSR count). The first kappa shape index (κ1) is 19.0. The van der Waals surface area contributed by atoms with Crippen LogP contribution < -0.4 is 21.4 Å². The monoisotopic (exact) mass is 418 g/mol. The highest BCUT2D eigenvalue weighted by molar-refractivity contribution is 5.57. The molecule has 0 aliphatic heterocycles. The van der Waals surface area contributed by atoms with Crippen molar-refractivity contribution < 1.29 is 5.11 Å². The van der Waals surface area contributed by atoms with Crippen LogP contribution in [0.5, 0.6) is 5.88 Å². The third-order valence-electron chi connectivity index (χ3n) is 5.42. The summed E-state index contributed by atoms with van der Waals surface area (Å²) < 4.78 is 1.59. The van der Waals surface area contributed by atoms with Gasteiger partial charge < -0.3 is 15.0 Å². The highest BCUT2D eigenvalue weighted by atomic mass is 16.3. The number of fused-ring (bicyclic) bond motifs is 1. The summed E-state index contributed by atoms with van der Waals surface area (Å²) in [5, 5.41) is 14.9. The molecule has 3 heterocycles. The Hall–Kier alpha value is -3.95. The Kier molecular flexibility index (Phi) is 4.54. The summed E-state index contributed by atoms with van der Waals surface area (Å²) in [6.45, 7) is 2.09. The molecule has 1 atom stereocenters. The standard InChI is InChI=1S/C21H22N8O2/c1-12(13-6-4-3-5-7-13)28(2)19-25-17-14(10-16-18(30)26-21(31)24-16)11-22-29(17)20(27-19)23-15-8-9-15/h3-7,10-12,15,30H,8-9H2,1-2H3,(H2,24,26,31)/b14-10+,23-20?/t12-/m0/s1. The van der Waals surface area contributed by atoms with Crippen molar-refractivity contribution in [2.75, 3.05) is 11.9 Å². The van der Waals surface area contributed by atoms with Gasteiger partial charge in [0.1, 0.15) is 5.69 Å². The second-order valence-electron chi connectivity index (χ2n) is 7.70. The van der Waals surface area contributed by atoms with Crippen LogP contribution in [0.3, 0.4) is 0 Å². The van der Waals surface area contributed by atoms with E-state index in [1.807, 2.05) is 30.1 Å². The third kappa shape index (κ3) is 3.67. The molecule has 10 heteroatoms. The summed E-state index contributed by atoms with van der Waals surface area (Å²) in [7, 11) is 1.94. The quantitative estimate of drug-likeness (QED) is 0.437. The van der Waals surface area contributed by atoms with Gasteiger partial charge in [-0.1, -0.05) is 30.3 Å². The lowest BCUT2D eigenvalue weighted by atomic mass is 10.1. The lowest BCUT2D eigenvalue weighted by Crippen LogP contribution is -2.30. The van der Waals surface area contributed by atoms with E-state index in [9.17, 15) is 9.90 Å². The van der Waals surface area contributed by atoms with Gasteiger partial charge in [-0.2, -0.15) is 19.6 Å². The van der Waals surface area contributed by atoms with Gasteiger partial charge in [-0.25, -0.2) is 9.79 Å². The number of rotatable bonds is 5. The minimum absolute atomic E-state index is 0.0397. The number of nitrogens with one attached hydrogen (secondary N) is 2. The van der Waals surface area contributed by atoms with E-state index in [4.69, 9.17) is 15.0 Å². The molecule has 1 fully saturated rings. The second-order valence-corrected chi connectivity index (χ2v) is 7.70. The van der Waals surface area contributed by atoms with Crippen LogP contribution in [0.2, 0.25) is 0 Å². The Morgan fingerprint density at radius 2 is 2.03 bits per heavy atom. The van der Waals surface area contributed by atoms with Crippen LogP contribution in [0.15, 0.2) is 46.3 Å². The molecular weight excluding hydrogens is 396 g/mol. The molecule has 0 amide bonds. The van der Waals surface area contributed by atoms with E-state index in [1.165, 1.54) is 0 Å². The van der Waals surface area contributed by atoms with Crippen LogP contribution in [-0.4, -0.2) is 47.7 Å². The lowest BCUT2D eigenvalue weighted by Gasteiger charge is -2.25. The van der Waals surface area contributed by atoms with Crippen molar-refractivity contribution in [3.05, 3.63) is 69.1 Å². The van der Waals surface area contributed by atoms with Crippen LogP contribution in [-0.2, 0) is 0 Å². The number of imidazole rings is 1. The van der Waals surface area contributed by atoms with Crippen molar-refractivity contribution in [3.63, 3.8) is 0 Å². The fourth-order valence-electron chi connectivity index (χ4n) is 3.36. The summed E-state index contributed by atoms with van der Waals surface area (Å²) in [6, 6.07) is 10.4. The molecule has 0 saturated heterocycles. The summed E-state index contributed by atoms with van der Waals surface area (Å²) >= 11 is 0. The molecule has 0 spiro atoms. The summed E-state index contributed by atoms with van der Waals surface area (Å²) in [5.41, 5.74) is 1.94. The number of hydrogen-bond donors (Lipinski definition) is 3. The molecule has 3 aromatic heterocycles. The van der Waals surface area contributed by atoms with Crippen molar-refractivity contribution in [2.24, 2.45) is 4.99 Å². The Labute approximate surface area is 176 Å². The molecule has 1 aliphatic rings. The van der Waals surface area contributed by atoms with Gasteiger partial charge in [-0.05, 0) is 31.4 Å². The predicted molar refractivity (Wildman–Crippen MR) is 114 cm³/mol. The van der Waals surface area contributed by atoms with E-state index >= 15 is 0 Å². The molecule has 158 valence electrons. The average molecular weight is 418 g/mol. The van der Waals surface area contributed by atoms with Crippen molar-refractivity contribution >= 4 is 17.7 Å². The van der Waals surface area contributed by atoms with E-state index in [0.717, 1.165) is 18.4 Å². The van der Waals surface area contributed by atoms with Crippen molar-refractivity contribution in [1.29, 1.82) is 0 Å². The van der Waals surface area contributed by atoms with E-state index < -0.39 is 5.69 Å². The highest BCUT2D eigenvalue weighted by Crippen LogP contribution is 2.23. The number of hydrogen-bond acceptors (Lipinski definition) is 7. The average Bonchev–Trinajstić information content (AvgIpc) is 3.41. The number of aromatic amines is 2. The van der Waals surface area contributed by atoms with Gasteiger partial charge in [0.25, 0.3) is 5.62 Å². The first-order chi connectivity index (χ1) is 15.0. The number of aromatic nitrogens is 6. The Bertz CT molecular complexity index is 1420. The van der Waals surface area contributed by atoms with Gasteiger partial charge in [0.2, 0.25) is 11.8 Å². The summed E-state index contributed by atoms with van der Waals surface area (Å²) in [4.78, 5) is 32.5. The minimum atomic E-state index is -0.489. The van der Waals surface area contributed by atoms with Gasteiger partial charge in [0.15, 0.2) is 5.65 Å². The van der Waals surface area contributed by atoms with Crippen molar-refractivity contribution in [2.45, 2.75) is 31.8 Å². The van der Waals surface area contributed by atoms with Crippen LogP contribution in [0, 0.1) is 0 Å². The maximum Gasteiger partial charge on any atom is 0.326 e. The Morgan fingerprint density at radius 3 is 2.71 bits per heavy atom. The maximum atomic E-state index is 11.5. The Balaban J connectivity index is 1.67. The second kappa shape index (κ2) is 7.38. The number of aromatic hydroxyl groups is 1. The van der Waals surface area contributed by atoms with Gasteiger partial charge in [0, 0.05) is 12.3 Å². The molecule has 1 saturated carbocycles. The fraction of sp³-hybridized carbons (Fsp3) is 0.286. The number of nitrogens with zero attached hydrogens (tertiary/aromatic N) is 6. The van der Waals surface area contributed by atoms with Crippen molar-refractivity contribution in [3.8, 4) is 5.88 Å². The largest absolute Gasteiger partial charge is 0.493 e. The van der Waals surface area contributed by atoms with Gasteiger partial charge in [-0.3, -0.25) is 4.98 Å². The first-order valence-corrected chi connectivity index (χ1v) is 10.1. The molecule has 1 aromatic carbocycles. The maximum absolute atomic E-state index is 11.5. The van der Waals surface area contributed by atoms with E-state index in [-0.39, 0.29) is 23.7 Å². The number of benzene rings is 1. The summed E-state index contributed by atoms with van der Waals surface area (Å²) in [5.74, 6) is 0.279. The van der Waals surface area contributed by atoms with E-state index in [0.29, 0.717) is 22.4 Å². The summed E-state index contributed by atoms with van der Waals surface area (Å²) in [6.07, 6.45) is 5.31. The van der Waals surface area contributed by atoms with Gasteiger partial charge in [-0.15, -0.1) is 0 Å². The first-order valence-electron chi connectivity index (χ1n) is 10.1. The zero-order valence-electron chi connectivity index (χ0n) is 17.1. The molecular formula is C21H22N8O2. The zero-order valence-corrected chi connectivity index (χ0v) is 17.1. The Morgan fingerprint density at radius 1 is 1.26 bits per heavy atom. The SMILES string of the molecule is C[C@@H](c1ccccc1)N(C)c1nc(=NC2CC2)n2nc/c(=C\c3[nH]c(=O)[nH]c3O)c2n1. The lowest BCUT2D eigenvalue weighted by molar-refractivity contribution is 0.454. The molecule has 4 aromatic rings. The molecule has 0 radical (unpaired) electrons. The molecule has 0 unspecified atom stereocenters. The zero-order chi connectivity index (χ0) is 21.5. The van der Waals surface area contributed by atoms with Gasteiger partial charge >= 0.3 is 5.69 Å². The predicted octanol–water partition coefficient (Wildman–Crippen LogP) is 0.654. The number of H-pyrrole nitrogens is 2. The van der Waals surface area contributed by atoms with Crippen LogP contribution in [0.25, 0.3) is 11.7 Å². The molecule has 1 aliphatic carbocycles. The topological polar surface area (TPSA) is 128 Å². The van der Waals surface area contributed by atoms with Gasteiger partial charge in [0.05, 0.1) is 18.3 Å². The van der Waals surface area contributed by atoms with Crippen LogP contribution in [0.1, 0.15) is 37.1 Å². The smallest absolute Gasteiger partial charge is 0.326 e. The number of anilines is 1. The van der Waals surface area contributed by atoms with E-state index in [1.54, 1.807) is 16.8 Å². The van der Waals surface area contributed by atoms with Crippen molar-refractivity contribution in [1.82, 2.24) is 29.5 Å². The molecule has 0 bridgehead atoms. The molecule has 10 nitrogen and oxygen atoms in total. The molecule has 3 N–H and O–H groups in total. The normalized spacial score (nSPS) is 16.2. The molecule has 31 heavy (non-hydrogen) atoms. The van der Waals surface area contributed by atoms with Crippen LogP contribution >= 0.6 is 0 Å². The van der Waals surface area contributed by atoms with E-state index in [2.05, 4.69) is 34.1 Å². The van der Waals surface area contributed by atoms with Crippen LogP contribution in [0.4, 0.5) is 5.95 Å².